The number of hydrogen-bond acceptors (Lipinski definition) is 4. The molecule has 1 fully saturated rings. The first-order valence-corrected chi connectivity index (χ1v) is 9.99. The van der Waals surface area contributed by atoms with Crippen molar-refractivity contribution in [2.75, 3.05) is 45.7 Å². The second kappa shape index (κ2) is 8.20. The van der Waals surface area contributed by atoms with Gasteiger partial charge in [-0.2, -0.15) is 0 Å². The third-order valence-electron chi connectivity index (χ3n) is 5.63. The Morgan fingerprint density at radius 2 is 1.73 bits per heavy atom. The fourth-order valence-corrected chi connectivity index (χ4v) is 3.84. The van der Waals surface area contributed by atoms with Crippen molar-refractivity contribution in [2.24, 2.45) is 7.05 Å². The van der Waals surface area contributed by atoms with Crippen LogP contribution in [0.5, 0.6) is 5.75 Å². The quantitative estimate of drug-likeness (QED) is 0.724. The highest BCUT2D eigenvalue weighted by Crippen LogP contribution is 2.28. The van der Waals surface area contributed by atoms with E-state index < -0.39 is 0 Å². The van der Waals surface area contributed by atoms with Gasteiger partial charge in [-0.3, -0.25) is 9.59 Å². The molecule has 7 heteroatoms. The number of methoxy groups -OCH3 is 1. The first kappa shape index (κ1) is 20.0. The molecule has 0 spiro atoms. The Labute approximate surface area is 175 Å². The highest BCUT2D eigenvalue weighted by atomic mass is 16.5. The van der Waals surface area contributed by atoms with E-state index in [1.54, 1.807) is 25.3 Å². The summed E-state index contributed by atoms with van der Waals surface area (Å²) in [6.07, 6.45) is 1.81. The van der Waals surface area contributed by atoms with Gasteiger partial charge in [0.15, 0.2) is 0 Å². The summed E-state index contributed by atoms with van der Waals surface area (Å²) in [6, 6.07) is 12.9. The summed E-state index contributed by atoms with van der Waals surface area (Å²) in [5.41, 5.74) is 2.57. The molecule has 0 saturated carbocycles. The molecule has 2 aromatic carbocycles. The van der Waals surface area contributed by atoms with Crippen LogP contribution < -0.4 is 10.1 Å². The maximum Gasteiger partial charge on any atom is 0.257 e. The molecule has 1 N–H and O–H groups in total. The van der Waals surface area contributed by atoms with E-state index in [4.69, 9.17) is 4.74 Å². The van der Waals surface area contributed by atoms with Gasteiger partial charge in [0.2, 0.25) is 0 Å². The van der Waals surface area contributed by atoms with E-state index in [0.717, 1.165) is 24.0 Å². The number of nitrogens with zero attached hydrogens (tertiary/aromatic N) is 3. The molecule has 156 valence electrons. The molecule has 1 aliphatic rings. The zero-order valence-corrected chi connectivity index (χ0v) is 17.5. The van der Waals surface area contributed by atoms with Gasteiger partial charge in [0.05, 0.1) is 18.4 Å². The van der Waals surface area contributed by atoms with Crippen molar-refractivity contribution >= 4 is 28.4 Å². The smallest absolute Gasteiger partial charge is 0.257 e. The number of piperazine rings is 1. The van der Waals surface area contributed by atoms with Crippen LogP contribution in [0.25, 0.3) is 10.9 Å². The predicted octanol–water partition coefficient (Wildman–Crippen LogP) is 2.83. The molecule has 0 aliphatic carbocycles. The highest BCUT2D eigenvalue weighted by molar-refractivity contribution is 6.13. The molecule has 0 radical (unpaired) electrons. The first-order valence-electron chi connectivity index (χ1n) is 9.99. The van der Waals surface area contributed by atoms with E-state index in [2.05, 4.69) is 17.3 Å². The van der Waals surface area contributed by atoms with Crippen LogP contribution in [-0.2, 0) is 7.05 Å². The number of nitrogens with one attached hydrogen (secondary N) is 1. The zero-order valence-electron chi connectivity index (χ0n) is 17.5. The van der Waals surface area contributed by atoms with Gasteiger partial charge in [-0.1, -0.05) is 18.2 Å². The minimum absolute atomic E-state index is 0.0357. The van der Waals surface area contributed by atoms with Crippen LogP contribution in [0.3, 0.4) is 0 Å². The second-order valence-electron chi connectivity index (χ2n) is 7.64. The molecule has 2 heterocycles. The number of para-hydroxylation sites is 1. The summed E-state index contributed by atoms with van der Waals surface area (Å²) in [6.45, 7) is 3.09. The molecular weight excluding hydrogens is 380 g/mol. The Balaban J connectivity index is 1.60. The van der Waals surface area contributed by atoms with Crippen molar-refractivity contribution in [1.82, 2.24) is 14.4 Å². The van der Waals surface area contributed by atoms with Gasteiger partial charge in [0.1, 0.15) is 5.75 Å². The van der Waals surface area contributed by atoms with E-state index in [1.165, 1.54) is 0 Å². The summed E-state index contributed by atoms with van der Waals surface area (Å²) < 4.78 is 7.34. The number of aryl methyl sites for hydroxylation is 1. The minimum Gasteiger partial charge on any atom is -0.495 e. The number of rotatable bonds is 4. The Hall–Kier alpha value is -3.32. The van der Waals surface area contributed by atoms with Crippen LogP contribution in [0.2, 0.25) is 0 Å². The number of carbonyl (C=O) groups excluding carboxylic acids is 2. The van der Waals surface area contributed by atoms with Crippen LogP contribution in [0, 0.1) is 0 Å². The van der Waals surface area contributed by atoms with Crippen LogP contribution in [0.15, 0.2) is 48.7 Å². The fourth-order valence-electron chi connectivity index (χ4n) is 3.84. The number of carbonyl (C=O) groups is 2. The largest absolute Gasteiger partial charge is 0.495 e. The number of anilines is 1. The number of aromatic nitrogens is 1. The lowest BCUT2D eigenvalue weighted by atomic mass is 10.1. The Morgan fingerprint density at radius 3 is 2.47 bits per heavy atom. The third-order valence-corrected chi connectivity index (χ3v) is 5.63. The molecule has 1 aromatic heterocycles. The lowest BCUT2D eigenvalue weighted by molar-refractivity contribution is 0.0664. The van der Waals surface area contributed by atoms with Gasteiger partial charge in [0.25, 0.3) is 11.8 Å². The molecule has 7 nitrogen and oxygen atoms in total. The summed E-state index contributed by atoms with van der Waals surface area (Å²) in [4.78, 5) is 30.0. The molecule has 0 unspecified atom stereocenters. The van der Waals surface area contributed by atoms with Crippen molar-refractivity contribution in [1.29, 1.82) is 0 Å². The summed E-state index contributed by atoms with van der Waals surface area (Å²) >= 11 is 0. The SMILES string of the molecule is COc1ccc(C(=O)N2CCN(C)CC2)cc1NC(=O)c1cn(C)c2ccccc12. The van der Waals surface area contributed by atoms with Gasteiger partial charge in [-0.15, -0.1) is 0 Å². The lowest BCUT2D eigenvalue weighted by Crippen LogP contribution is -2.47. The lowest BCUT2D eigenvalue weighted by Gasteiger charge is -2.32. The van der Waals surface area contributed by atoms with Gasteiger partial charge in [-0.25, -0.2) is 0 Å². The summed E-state index contributed by atoms with van der Waals surface area (Å²) in [5.74, 6) is 0.235. The van der Waals surface area contributed by atoms with Crippen LogP contribution in [-0.4, -0.2) is 66.5 Å². The van der Waals surface area contributed by atoms with E-state index in [0.29, 0.717) is 35.7 Å². The van der Waals surface area contributed by atoms with E-state index in [-0.39, 0.29) is 11.8 Å². The van der Waals surface area contributed by atoms with E-state index >= 15 is 0 Å². The minimum atomic E-state index is -0.241. The first-order chi connectivity index (χ1) is 14.5. The second-order valence-corrected chi connectivity index (χ2v) is 7.64. The van der Waals surface area contributed by atoms with Gasteiger partial charge in [-0.05, 0) is 31.3 Å². The van der Waals surface area contributed by atoms with Crippen LogP contribution in [0.4, 0.5) is 5.69 Å². The maximum absolute atomic E-state index is 13.0. The molecule has 1 saturated heterocycles. The van der Waals surface area contributed by atoms with Crippen molar-refractivity contribution < 1.29 is 14.3 Å². The Bertz CT molecular complexity index is 1100. The number of ether oxygens (including phenoxy) is 1. The molecular formula is C23H26N4O3. The van der Waals surface area contributed by atoms with Crippen LogP contribution in [0.1, 0.15) is 20.7 Å². The standard InChI is InChI=1S/C23H26N4O3/c1-25-10-12-27(13-11-25)23(29)16-8-9-21(30-3)19(14-16)24-22(28)18-15-26(2)20-7-5-4-6-17(18)20/h4-9,14-15H,10-13H2,1-3H3,(H,24,28). The molecule has 30 heavy (non-hydrogen) atoms. The Kier molecular flexibility index (Phi) is 5.46. The van der Waals surface area contributed by atoms with Crippen LogP contribution >= 0.6 is 0 Å². The summed E-state index contributed by atoms with van der Waals surface area (Å²) in [5, 5.41) is 3.81. The van der Waals surface area contributed by atoms with Gasteiger partial charge >= 0.3 is 0 Å². The predicted molar refractivity (Wildman–Crippen MR) is 117 cm³/mol. The number of likely N-dealkylation sites (N-methyl/N-ethyl adjacent to an activating group) is 1. The monoisotopic (exact) mass is 406 g/mol. The maximum atomic E-state index is 13.0. The Morgan fingerprint density at radius 1 is 1.00 bits per heavy atom. The molecule has 0 bridgehead atoms. The average molecular weight is 406 g/mol. The topological polar surface area (TPSA) is 66.8 Å². The zero-order chi connectivity index (χ0) is 21.3. The number of fused-ring (bicyclic) bond motifs is 1. The normalized spacial score (nSPS) is 14.7. The number of amides is 2. The van der Waals surface area contributed by atoms with Gasteiger partial charge < -0.3 is 24.4 Å². The number of hydrogen-bond donors (Lipinski definition) is 1. The van der Waals surface area contributed by atoms with E-state index in [9.17, 15) is 9.59 Å². The van der Waals surface area contributed by atoms with Crippen molar-refractivity contribution in [2.45, 2.75) is 0 Å². The molecule has 0 atom stereocenters. The fraction of sp³-hybridized carbons (Fsp3) is 0.304. The molecule has 1 aliphatic heterocycles. The van der Waals surface area contributed by atoms with Gasteiger partial charge in [0, 0.05) is 55.9 Å². The van der Waals surface area contributed by atoms with Crippen molar-refractivity contribution in [3.05, 3.63) is 59.8 Å². The molecule has 4 rings (SSSR count). The average Bonchev–Trinajstić information content (AvgIpc) is 3.11. The third kappa shape index (κ3) is 3.76. The van der Waals surface area contributed by atoms with E-state index in [1.807, 2.05) is 47.0 Å². The van der Waals surface area contributed by atoms with Crippen molar-refractivity contribution in [3.8, 4) is 5.75 Å². The van der Waals surface area contributed by atoms with Crippen molar-refractivity contribution in [3.63, 3.8) is 0 Å². The molecule has 2 amide bonds. The number of benzene rings is 2. The molecule has 3 aromatic rings. The highest BCUT2D eigenvalue weighted by Gasteiger charge is 2.22. The summed E-state index contributed by atoms with van der Waals surface area (Å²) in [7, 11) is 5.51.